The summed E-state index contributed by atoms with van der Waals surface area (Å²) in [5, 5.41) is 12.5. The third-order valence-electron chi connectivity index (χ3n) is 4.62. The molecule has 4 rings (SSSR count). The first kappa shape index (κ1) is 20.9. The normalized spacial score (nSPS) is 12.0. The molecular weight excluding hydrogens is 423 g/mol. The van der Waals surface area contributed by atoms with Crippen molar-refractivity contribution in [1.29, 1.82) is 0 Å². The molecule has 0 fully saturated rings. The Bertz CT molecular complexity index is 1260. The third kappa shape index (κ3) is 4.54. The summed E-state index contributed by atoms with van der Waals surface area (Å²) in [6.07, 6.45) is 0. The van der Waals surface area contributed by atoms with Crippen molar-refractivity contribution in [2.45, 2.75) is 17.2 Å². The predicted molar refractivity (Wildman–Crippen MR) is 115 cm³/mol. The van der Waals surface area contributed by atoms with E-state index in [2.05, 4.69) is 15.5 Å². The number of carbonyl (C=O) groups is 1. The van der Waals surface area contributed by atoms with E-state index >= 15 is 0 Å². The molecule has 1 amide bonds. The minimum absolute atomic E-state index is 0.0959. The fourth-order valence-corrected chi connectivity index (χ4v) is 3.93. The monoisotopic (exact) mass is 439 g/mol. The molecule has 3 aromatic carbocycles. The highest BCUT2D eigenvalue weighted by Gasteiger charge is 2.20. The lowest BCUT2D eigenvalue weighted by atomic mass is 10.1. The fraction of sp³-hybridized carbons (Fsp3) is 0.0870. The summed E-state index contributed by atoms with van der Waals surface area (Å²) in [7, 11) is 0. The average molecular weight is 439 g/mol. The van der Waals surface area contributed by atoms with Gasteiger partial charge in [-0.05, 0) is 43.3 Å². The van der Waals surface area contributed by atoms with E-state index in [1.54, 1.807) is 19.1 Å². The number of nitrogens with zero attached hydrogens (tertiary/aromatic N) is 2. The SMILES string of the molecule is CC(Sc1nnc(-c2ccc(F)cc2)c2ccccc12)C(=O)Nc1ccc(F)cc1F. The van der Waals surface area contributed by atoms with Crippen molar-refractivity contribution in [1.82, 2.24) is 10.2 Å². The molecular formula is C23H16F3N3OS. The topological polar surface area (TPSA) is 54.9 Å². The highest BCUT2D eigenvalue weighted by Crippen LogP contribution is 2.33. The molecule has 0 spiro atoms. The van der Waals surface area contributed by atoms with Gasteiger partial charge in [0.2, 0.25) is 5.91 Å². The number of benzene rings is 3. The standard InChI is InChI=1S/C23H16F3N3OS/c1-13(22(30)27-20-11-10-16(25)12-19(20)26)31-23-18-5-3-2-4-17(18)21(28-29-23)14-6-8-15(24)9-7-14/h2-13H,1H3,(H,27,30). The number of fused-ring (bicyclic) bond motifs is 1. The van der Waals surface area contributed by atoms with E-state index in [0.717, 1.165) is 22.4 Å². The van der Waals surface area contributed by atoms with E-state index in [-0.39, 0.29) is 11.5 Å². The molecule has 0 aliphatic rings. The van der Waals surface area contributed by atoms with Crippen molar-refractivity contribution in [3.05, 3.63) is 84.2 Å². The smallest absolute Gasteiger partial charge is 0.237 e. The van der Waals surface area contributed by atoms with Crippen LogP contribution in [0.4, 0.5) is 18.9 Å². The van der Waals surface area contributed by atoms with Gasteiger partial charge in [0.05, 0.1) is 10.9 Å². The van der Waals surface area contributed by atoms with Crippen molar-refractivity contribution < 1.29 is 18.0 Å². The molecule has 156 valence electrons. The quantitative estimate of drug-likeness (QED) is 0.398. The van der Waals surface area contributed by atoms with Crippen molar-refractivity contribution in [3.8, 4) is 11.3 Å². The molecule has 0 saturated heterocycles. The molecule has 0 saturated carbocycles. The van der Waals surface area contributed by atoms with Gasteiger partial charge >= 0.3 is 0 Å². The van der Waals surface area contributed by atoms with Gasteiger partial charge in [0, 0.05) is 22.4 Å². The number of thioether (sulfide) groups is 1. The molecule has 31 heavy (non-hydrogen) atoms. The van der Waals surface area contributed by atoms with Crippen molar-refractivity contribution >= 4 is 34.1 Å². The maximum Gasteiger partial charge on any atom is 0.237 e. The van der Waals surface area contributed by atoms with Crippen LogP contribution in [0.1, 0.15) is 6.92 Å². The summed E-state index contributed by atoms with van der Waals surface area (Å²) in [5.41, 5.74) is 1.23. The van der Waals surface area contributed by atoms with E-state index in [1.165, 1.54) is 30.0 Å². The Morgan fingerprint density at radius 2 is 1.58 bits per heavy atom. The molecule has 4 aromatic rings. The van der Waals surface area contributed by atoms with Crippen LogP contribution in [0.5, 0.6) is 0 Å². The van der Waals surface area contributed by atoms with Crippen LogP contribution in [0.25, 0.3) is 22.0 Å². The van der Waals surface area contributed by atoms with Gasteiger partial charge in [-0.2, -0.15) is 0 Å². The van der Waals surface area contributed by atoms with Gasteiger partial charge in [0.15, 0.2) is 0 Å². The zero-order chi connectivity index (χ0) is 22.0. The van der Waals surface area contributed by atoms with Crippen LogP contribution >= 0.6 is 11.8 Å². The van der Waals surface area contributed by atoms with E-state index < -0.39 is 22.8 Å². The lowest BCUT2D eigenvalue weighted by Crippen LogP contribution is -2.23. The van der Waals surface area contributed by atoms with Crippen LogP contribution in [-0.2, 0) is 4.79 Å². The minimum atomic E-state index is -0.848. The van der Waals surface area contributed by atoms with Crippen LogP contribution in [-0.4, -0.2) is 21.4 Å². The first-order chi connectivity index (χ1) is 14.9. The van der Waals surface area contributed by atoms with Crippen LogP contribution in [0.2, 0.25) is 0 Å². The predicted octanol–water partition coefficient (Wildman–Crippen LogP) is 5.83. The second kappa shape index (κ2) is 8.77. The van der Waals surface area contributed by atoms with Gasteiger partial charge < -0.3 is 5.32 Å². The third-order valence-corrected chi connectivity index (χ3v) is 5.71. The van der Waals surface area contributed by atoms with E-state index in [4.69, 9.17) is 0 Å². The van der Waals surface area contributed by atoms with Gasteiger partial charge in [0.25, 0.3) is 0 Å². The van der Waals surface area contributed by atoms with E-state index in [0.29, 0.717) is 16.8 Å². The number of rotatable bonds is 5. The molecule has 1 heterocycles. The first-order valence-corrected chi connectivity index (χ1v) is 10.2. The number of carbonyl (C=O) groups excluding carboxylic acids is 1. The van der Waals surface area contributed by atoms with Crippen LogP contribution in [0.15, 0.2) is 71.8 Å². The number of hydrogen-bond acceptors (Lipinski definition) is 4. The van der Waals surface area contributed by atoms with Gasteiger partial charge in [-0.25, -0.2) is 13.2 Å². The zero-order valence-corrected chi connectivity index (χ0v) is 17.1. The molecule has 1 atom stereocenters. The Kier molecular flexibility index (Phi) is 5.90. The number of amides is 1. The fourth-order valence-electron chi connectivity index (χ4n) is 3.03. The Balaban J connectivity index is 1.60. The number of aromatic nitrogens is 2. The number of halogens is 3. The van der Waals surface area contributed by atoms with Gasteiger partial charge in [-0.1, -0.05) is 36.0 Å². The Morgan fingerprint density at radius 3 is 2.29 bits per heavy atom. The summed E-state index contributed by atoms with van der Waals surface area (Å²) in [4.78, 5) is 12.5. The Morgan fingerprint density at radius 1 is 0.903 bits per heavy atom. The van der Waals surface area contributed by atoms with Crippen LogP contribution < -0.4 is 5.32 Å². The van der Waals surface area contributed by atoms with Gasteiger partial charge in [-0.15, -0.1) is 10.2 Å². The molecule has 0 radical (unpaired) electrons. The lowest BCUT2D eigenvalue weighted by Gasteiger charge is -2.14. The second-order valence-electron chi connectivity index (χ2n) is 6.78. The number of nitrogens with one attached hydrogen (secondary N) is 1. The summed E-state index contributed by atoms with van der Waals surface area (Å²) in [6.45, 7) is 1.66. The summed E-state index contributed by atoms with van der Waals surface area (Å²) in [5.74, 6) is -2.37. The number of anilines is 1. The maximum atomic E-state index is 13.8. The van der Waals surface area contributed by atoms with Gasteiger partial charge in [-0.3, -0.25) is 4.79 Å². The minimum Gasteiger partial charge on any atom is -0.323 e. The molecule has 0 aliphatic carbocycles. The largest absolute Gasteiger partial charge is 0.323 e. The number of hydrogen-bond donors (Lipinski definition) is 1. The van der Waals surface area contributed by atoms with Crippen molar-refractivity contribution in [3.63, 3.8) is 0 Å². The van der Waals surface area contributed by atoms with Gasteiger partial charge in [0.1, 0.15) is 28.2 Å². The Hall–Kier alpha value is -3.39. The second-order valence-corrected chi connectivity index (χ2v) is 8.11. The molecule has 1 unspecified atom stereocenters. The van der Waals surface area contributed by atoms with Crippen molar-refractivity contribution in [2.24, 2.45) is 0 Å². The highest BCUT2D eigenvalue weighted by molar-refractivity contribution is 8.00. The molecule has 0 bridgehead atoms. The average Bonchev–Trinajstić information content (AvgIpc) is 2.76. The summed E-state index contributed by atoms with van der Waals surface area (Å²) >= 11 is 1.17. The maximum absolute atomic E-state index is 13.8. The molecule has 1 aromatic heterocycles. The van der Waals surface area contributed by atoms with E-state index in [9.17, 15) is 18.0 Å². The summed E-state index contributed by atoms with van der Waals surface area (Å²) < 4.78 is 40.2. The zero-order valence-electron chi connectivity index (χ0n) is 16.3. The molecule has 1 N–H and O–H groups in total. The Labute approximate surface area is 180 Å². The molecule has 8 heteroatoms. The van der Waals surface area contributed by atoms with E-state index in [1.807, 2.05) is 24.3 Å². The van der Waals surface area contributed by atoms with Crippen LogP contribution in [0.3, 0.4) is 0 Å². The summed E-state index contributed by atoms with van der Waals surface area (Å²) in [6, 6.07) is 16.4. The molecule has 0 aliphatic heterocycles. The first-order valence-electron chi connectivity index (χ1n) is 9.36. The van der Waals surface area contributed by atoms with Crippen LogP contribution in [0, 0.1) is 17.5 Å². The highest BCUT2D eigenvalue weighted by atomic mass is 32.2. The molecule has 4 nitrogen and oxygen atoms in total. The van der Waals surface area contributed by atoms with Crippen molar-refractivity contribution in [2.75, 3.05) is 5.32 Å². The lowest BCUT2D eigenvalue weighted by molar-refractivity contribution is -0.115.